The molecule has 1 aromatic rings. The van der Waals surface area contributed by atoms with Gasteiger partial charge in [0.25, 0.3) is 0 Å². The van der Waals surface area contributed by atoms with E-state index in [1.165, 1.54) is 0 Å². The lowest BCUT2D eigenvalue weighted by atomic mass is 10.1. The van der Waals surface area contributed by atoms with Crippen LogP contribution in [0, 0.1) is 0 Å². The van der Waals surface area contributed by atoms with E-state index in [9.17, 15) is 0 Å². The number of nitrogens with one attached hydrogen (secondary N) is 1. The molecule has 1 aliphatic heterocycles. The largest absolute Gasteiger partial charge is 0.486 e. The highest BCUT2D eigenvalue weighted by Crippen LogP contribution is 2.37. The first-order valence-electron chi connectivity index (χ1n) is 5.98. The van der Waals surface area contributed by atoms with Crippen LogP contribution in [-0.4, -0.2) is 32.5 Å². The summed E-state index contributed by atoms with van der Waals surface area (Å²) in [6.45, 7) is 5.81. The number of nitrogens with two attached hydrogens (primary N) is 1. The second-order valence-corrected chi connectivity index (χ2v) is 5.03. The van der Waals surface area contributed by atoms with Gasteiger partial charge in [0.05, 0.1) is 23.5 Å². The van der Waals surface area contributed by atoms with Gasteiger partial charge in [0.1, 0.15) is 13.2 Å². The Kier molecular flexibility index (Phi) is 3.52. The van der Waals surface area contributed by atoms with Crippen LogP contribution in [0.2, 0.25) is 0 Å². The lowest BCUT2D eigenvalue weighted by molar-refractivity contribution is 0.158. The molecule has 1 aromatic carbocycles. The minimum absolute atomic E-state index is 0.202. The Morgan fingerprint density at radius 2 is 1.89 bits per heavy atom. The Bertz CT molecular complexity index is 432. The van der Waals surface area contributed by atoms with Crippen molar-refractivity contribution in [3.05, 3.63) is 12.1 Å². The standard InChI is InChI=1S/C13H20N2O3/c1-13(2,8-16-3)15-10-7-12-11(6-9(10)14)17-4-5-18-12/h6-7,15H,4-5,8,14H2,1-3H3. The SMILES string of the molecule is COCC(C)(C)Nc1cc2c(cc1N)OCCO2. The zero-order valence-electron chi connectivity index (χ0n) is 11.1. The van der Waals surface area contributed by atoms with Gasteiger partial charge in [-0.15, -0.1) is 0 Å². The second-order valence-electron chi connectivity index (χ2n) is 5.03. The monoisotopic (exact) mass is 252 g/mol. The van der Waals surface area contributed by atoms with E-state index in [0.717, 1.165) is 11.4 Å². The number of nitrogen functional groups attached to an aromatic ring is 1. The van der Waals surface area contributed by atoms with Gasteiger partial charge in [0.15, 0.2) is 11.5 Å². The average molecular weight is 252 g/mol. The van der Waals surface area contributed by atoms with Crippen molar-refractivity contribution in [3.8, 4) is 11.5 Å². The first kappa shape index (κ1) is 12.8. The molecular weight excluding hydrogens is 232 g/mol. The number of ether oxygens (including phenoxy) is 3. The summed E-state index contributed by atoms with van der Waals surface area (Å²) < 4.78 is 16.2. The fraction of sp³-hybridized carbons (Fsp3) is 0.538. The summed E-state index contributed by atoms with van der Waals surface area (Å²) in [6, 6.07) is 3.67. The molecule has 2 rings (SSSR count). The van der Waals surface area contributed by atoms with Gasteiger partial charge in [-0.1, -0.05) is 0 Å². The fourth-order valence-electron chi connectivity index (χ4n) is 1.97. The summed E-state index contributed by atoms with van der Waals surface area (Å²) in [5.41, 5.74) is 7.28. The smallest absolute Gasteiger partial charge is 0.163 e. The zero-order valence-corrected chi connectivity index (χ0v) is 11.1. The van der Waals surface area contributed by atoms with Crippen molar-refractivity contribution in [3.63, 3.8) is 0 Å². The molecule has 5 heteroatoms. The maximum Gasteiger partial charge on any atom is 0.163 e. The topological polar surface area (TPSA) is 65.7 Å². The predicted octanol–water partition coefficient (Wildman–Crippen LogP) is 1.88. The fourth-order valence-corrected chi connectivity index (χ4v) is 1.97. The number of methoxy groups -OCH3 is 1. The number of anilines is 2. The van der Waals surface area contributed by atoms with E-state index in [4.69, 9.17) is 19.9 Å². The van der Waals surface area contributed by atoms with Crippen molar-refractivity contribution in [2.24, 2.45) is 0 Å². The molecule has 5 nitrogen and oxygen atoms in total. The van der Waals surface area contributed by atoms with Crippen LogP contribution in [0.1, 0.15) is 13.8 Å². The molecule has 0 spiro atoms. The Labute approximate surface area is 107 Å². The molecular formula is C13H20N2O3. The number of hydrogen-bond donors (Lipinski definition) is 2. The summed E-state index contributed by atoms with van der Waals surface area (Å²) in [6.07, 6.45) is 0. The van der Waals surface area contributed by atoms with E-state index in [-0.39, 0.29) is 5.54 Å². The van der Waals surface area contributed by atoms with Gasteiger partial charge in [-0.25, -0.2) is 0 Å². The van der Waals surface area contributed by atoms with Crippen LogP contribution in [0.25, 0.3) is 0 Å². The van der Waals surface area contributed by atoms with E-state index >= 15 is 0 Å². The minimum atomic E-state index is -0.202. The molecule has 0 aromatic heterocycles. The van der Waals surface area contributed by atoms with Crippen LogP contribution in [0.5, 0.6) is 11.5 Å². The maximum absolute atomic E-state index is 6.01. The molecule has 0 aliphatic carbocycles. The summed E-state index contributed by atoms with van der Waals surface area (Å²) in [4.78, 5) is 0. The Hall–Kier alpha value is -1.62. The van der Waals surface area contributed by atoms with Crippen LogP contribution >= 0.6 is 0 Å². The quantitative estimate of drug-likeness (QED) is 0.801. The Morgan fingerprint density at radius 3 is 2.50 bits per heavy atom. The number of rotatable bonds is 4. The maximum atomic E-state index is 6.01. The number of hydrogen-bond acceptors (Lipinski definition) is 5. The van der Waals surface area contributed by atoms with E-state index in [2.05, 4.69) is 5.32 Å². The Morgan fingerprint density at radius 1 is 1.28 bits per heavy atom. The van der Waals surface area contributed by atoms with Crippen molar-refractivity contribution in [2.45, 2.75) is 19.4 Å². The Balaban J connectivity index is 2.23. The molecule has 0 radical (unpaired) electrons. The third-order valence-corrected chi connectivity index (χ3v) is 2.69. The molecule has 0 atom stereocenters. The summed E-state index contributed by atoms with van der Waals surface area (Å²) in [7, 11) is 1.68. The number of fused-ring (bicyclic) bond motifs is 1. The van der Waals surface area contributed by atoms with Gasteiger partial charge in [0, 0.05) is 19.2 Å². The third kappa shape index (κ3) is 2.79. The van der Waals surface area contributed by atoms with Crippen molar-refractivity contribution < 1.29 is 14.2 Å². The minimum Gasteiger partial charge on any atom is -0.486 e. The lowest BCUT2D eigenvalue weighted by Gasteiger charge is -2.28. The molecule has 1 aliphatic rings. The molecule has 0 saturated heterocycles. The summed E-state index contributed by atoms with van der Waals surface area (Å²) in [5.74, 6) is 1.43. The molecule has 0 unspecified atom stereocenters. The average Bonchev–Trinajstić information content (AvgIpc) is 2.29. The van der Waals surface area contributed by atoms with Gasteiger partial charge in [-0.2, -0.15) is 0 Å². The summed E-state index contributed by atoms with van der Waals surface area (Å²) >= 11 is 0. The van der Waals surface area contributed by atoms with E-state index in [1.807, 2.05) is 19.9 Å². The van der Waals surface area contributed by atoms with Crippen molar-refractivity contribution in [2.75, 3.05) is 38.0 Å². The highest BCUT2D eigenvalue weighted by molar-refractivity contribution is 5.72. The van der Waals surface area contributed by atoms with E-state index < -0.39 is 0 Å². The number of benzene rings is 1. The van der Waals surface area contributed by atoms with Gasteiger partial charge < -0.3 is 25.3 Å². The van der Waals surface area contributed by atoms with Crippen molar-refractivity contribution in [1.82, 2.24) is 0 Å². The van der Waals surface area contributed by atoms with Gasteiger partial charge in [0.2, 0.25) is 0 Å². The lowest BCUT2D eigenvalue weighted by Crippen LogP contribution is -2.36. The molecule has 0 amide bonds. The van der Waals surface area contributed by atoms with E-state index in [0.29, 0.717) is 31.3 Å². The molecule has 0 bridgehead atoms. The molecule has 3 N–H and O–H groups in total. The van der Waals surface area contributed by atoms with Gasteiger partial charge in [-0.05, 0) is 13.8 Å². The van der Waals surface area contributed by atoms with Crippen LogP contribution in [0.3, 0.4) is 0 Å². The second kappa shape index (κ2) is 4.94. The molecule has 100 valence electrons. The molecule has 0 saturated carbocycles. The molecule has 0 fully saturated rings. The normalized spacial score (nSPS) is 14.4. The first-order valence-corrected chi connectivity index (χ1v) is 5.98. The molecule has 18 heavy (non-hydrogen) atoms. The predicted molar refractivity (Wildman–Crippen MR) is 71.4 cm³/mol. The van der Waals surface area contributed by atoms with Crippen LogP contribution < -0.4 is 20.5 Å². The zero-order chi connectivity index (χ0) is 13.2. The van der Waals surface area contributed by atoms with Gasteiger partial charge >= 0.3 is 0 Å². The van der Waals surface area contributed by atoms with Crippen LogP contribution in [0.4, 0.5) is 11.4 Å². The highest BCUT2D eigenvalue weighted by atomic mass is 16.6. The van der Waals surface area contributed by atoms with Crippen molar-refractivity contribution >= 4 is 11.4 Å². The highest BCUT2D eigenvalue weighted by Gasteiger charge is 2.21. The third-order valence-electron chi connectivity index (χ3n) is 2.69. The van der Waals surface area contributed by atoms with Crippen molar-refractivity contribution in [1.29, 1.82) is 0 Å². The van der Waals surface area contributed by atoms with Crippen LogP contribution in [0.15, 0.2) is 12.1 Å². The first-order chi connectivity index (χ1) is 8.52. The van der Waals surface area contributed by atoms with E-state index in [1.54, 1.807) is 13.2 Å². The molecule has 1 heterocycles. The summed E-state index contributed by atoms with van der Waals surface area (Å²) in [5, 5.41) is 3.35. The van der Waals surface area contributed by atoms with Gasteiger partial charge in [-0.3, -0.25) is 0 Å². The van der Waals surface area contributed by atoms with Crippen LogP contribution in [-0.2, 0) is 4.74 Å².